The highest BCUT2D eigenvalue weighted by molar-refractivity contribution is 5.94. The Morgan fingerprint density at radius 3 is 1.28 bits per heavy atom. The first-order valence-electron chi connectivity index (χ1n) is 42.1. The first-order chi connectivity index (χ1) is 59.2. The highest BCUT2D eigenvalue weighted by atomic mass is 16.5. The maximum atomic E-state index is 15.6. The van der Waals surface area contributed by atoms with Crippen molar-refractivity contribution >= 4 is 63.5 Å². The van der Waals surface area contributed by atoms with Crippen molar-refractivity contribution in [2.75, 3.05) is 68.2 Å². The first kappa shape index (κ1) is 82.5. The van der Waals surface area contributed by atoms with Gasteiger partial charge in [-0.05, 0) is 167 Å². The molecule has 4 aliphatic heterocycles. The summed E-state index contributed by atoms with van der Waals surface area (Å²) in [7, 11) is 7.42. The number of hydrogen-bond acceptors (Lipinski definition) is 16. The van der Waals surface area contributed by atoms with E-state index >= 15 is 9.59 Å². The summed E-state index contributed by atoms with van der Waals surface area (Å²) in [6.07, 6.45) is 16.6. The third kappa shape index (κ3) is 17.2. The highest BCUT2D eigenvalue weighted by Crippen LogP contribution is 2.43. The number of benzene rings is 7. The third-order valence-electron chi connectivity index (χ3n) is 24.9. The van der Waals surface area contributed by atoms with E-state index in [-0.39, 0.29) is 59.5 Å². The van der Waals surface area contributed by atoms with Gasteiger partial charge in [-0.15, -0.1) is 0 Å². The van der Waals surface area contributed by atoms with Crippen molar-refractivity contribution < 1.29 is 52.5 Å². The van der Waals surface area contributed by atoms with Crippen LogP contribution in [0.3, 0.4) is 0 Å². The van der Waals surface area contributed by atoms with Crippen LogP contribution in [0.5, 0.6) is 0 Å². The van der Waals surface area contributed by atoms with Gasteiger partial charge in [-0.2, -0.15) is 0 Å². The summed E-state index contributed by atoms with van der Waals surface area (Å²) in [5.74, 6) is 1.71. The van der Waals surface area contributed by atoms with Crippen molar-refractivity contribution in [1.29, 1.82) is 0 Å². The smallest absolute Gasteiger partial charge is 0.407 e. The second kappa shape index (κ2) is 36.0. The molecule has 1 aliphatic carbocycles. The van der Waals surface area contributed by atoms with Crippen molar-refractivity contribution in [2.45, 2.75) is 127 Å². The van der Waals surface area contributed by atoms with Gasteiger partial charge in [0.05, 0.1) is 100 Å². The zero-order valence-corrected chi connectivity index (χ0v) is 70.1. The van der Waals surface area contributed by atoms with Crippen LogP contribution in [0, 0.1) is 23.7 Å². The Labute approximate surface area is 708 Å². The van der Waals surface area contributed by atoms with Gasteiger partial charge in [0.2, 0.25) is 23.6 Å². The monoisotopic (exact) mass is 1640 g/mol. The largest absolute Gasteiger partial charge is 0.501 e. The zero-order valence-electron chi connectivity index (χ0n) is 70.1. The lowest BCUT2D eigenvalue weighted by molar-refractivity contribution is -0.138. The fraction of sp³-hybridized carbons (Fsp3) is 0.358. The van der Waals surface area contributed by atoms with Crippen LogP contribution in [-0.4, -0.2) is 193 Å². The van der Waals surface area contributed by atoms with Crippen LogP contribution in [0.25, 0.3) is 88.8 Å². The van der Waals surface area contributed by atoms with Crippen molar-refractivity contribution in [1.82, 2.24) is 80.3 Å². The van der Waals surface area contributed by atoms with Gasteiger partial charge < -0.3 is 74.4 Å². The number of aromatic nitrogens is 8. The topological polar surface area (TPSA) is 323 Å². The number of fused-ring (bicyclic) bond motifs is 2. The minimum Gasteiger partial charge on any atom is -0.501 e. The van der Waals surface area contributed by atoms with Crippen LogP contribution in [0.1, 0.15) is 138 Å². The molecular formula is C95H104N16O11. The minimum absolute atomic E-state index is 0.0394. The lowest BCUT2D eigenvalue weighted by atomic mass is 9.89. The number of imidazole rings is 4. The summed E-state index contributed by atoms with van der Waals surface area (Å²) in [6, 6.07) is 47.6. The van der Waals surface area contributed by atoms with E-state index in [9.17, 15) is 24.0 Å². The number of rotatable bonds is 25. The third-order valence-corrected chi connectivity index (χ3v) is 24.9. The molecule has 0 spiro atoms. The Morgan fingerprint density at radius 1 is 0.451 bits per heavy atom. The Bertz CT molecular complexity index is 5730. The van der Waals surface area contributed by atoms with Crippen molar-refractivity contribution in [3.8, 4) is 67.3 Å². The number of alkyl carbamates (subject to hydrolysis) is 3. The Kier molecular flexibility index (Phi) is 24.4. The van der Waals surface area contributed by atoms with Crippen LogP contribution in [0.2, 0.25) is 0 Å². The number of ether oxygens (including phenoxy) is 4. The molecule has 122 heavy (non-hydrogen) atoms. The fourth-order valence-electron chi connectivity index (χ4n) is 18.5. The predicted molar refractivity (Wildman–Crippen MR) is 465 cm³/mol. The summed E-state index contributed by atoms with van der Waals surface area (Å²) in [6.45, 7) is 10.0. The number of H-pyrrole nitrogens is 4. The maximum absolute atomic E-state index is 15.6. The van der Waals surface area contributed by atoms with Gasteiger partial charge in [0, 0.05) is 49.8 Å². The van der Waals surface area contributed by atoms with E-state index in [1.807, 2.05) is 117 Å². The van der Waals surface area contributed by atoms with E-state index in [1.54, 1.807) is 18.2 Å². The number of likely N-dealkylation sites (tertiary alicyclic amines) is 4. The van der Waals surface area contributed by atoms with Gasteiger partial charge in [-0.1, -0.05) is 167 Å². The fourth-order valence-corrected chi connectivity index (χ4v) is 18.5. The average Bonchev–Trinajstić information content (AvgIpc) is 1.72. The molecule has 2 unspecified atom stereocenters. The molecule has 0 bridgehead atoms. The lowest BCUT2D eigenvalue weighted by Gasteiger charge is -2.34. The van der Waals surface area contributed by atoms with Crippen LogP contribution in [0.4, 0.5) is 14.4 Å². The molecule has 630 valence electrons. The molecular weight excluding hydrogens is 1540 g/mol. The normalized spacial score (nSPS) is 19.4. The lowest BCUT2D eigenvalue weighted by Crippen LogP contribution is -2.52. The van der Waals surface area contributed by atoms with E-state index in [2.05, 4.69) is 162 Å². The highest BCUT2D eigenvalue weighted by Gasteiger charge is 2.46. The Morgan fingerprint density at radius 2 is 0.836 bits per heavy atom. The second-order valence-corrected chi connectivity index (χ2v) is 33.2. The van der Waals surface area contributed by atoms with Crippen LogP contribution < -0.4 is 16.0 Å². The summed E-state index contributed by atoms with van der Waals surface area (Å²) < 4.78 is 20.5. The van der Waals surface area contributed by atoms with Gasteiger partial charge in [0.15, 0.2) is 0 Å². The van der Waals surface area contributed by atoms with Gasteiger partial charge in [-0.3, -0.25) is 24.1 Å². The maximum Gasteiger partial charge on any atom is 0.407 e. The average molecular weight is 1650 g/mol. The molecule has 10 atom stereocenters. The standard InChI is InChI=1S/C95H104N16O11/c1-55(2)81(104-93(116)120-7)89(112)108-41-15-21-76(108)85-96-49-72(100-85)60-29-25-58(26-30-60)63-33-35-67-47-69(39-37-65(67)45-63)74-51-98-87(102-74)78-23-17-43-110(78)92(115)84(62-18-11-10-12-19-62)107(5)53-57-44-79(111(54-57)90(113)82(56(3)4)105-94(117)121-8)88-99-52-75(103-88)70-40-38-66-46-64(34-36-68(66)48-70)59-27-31-61(32-28-59)73-50-97-86(101-73)77-22-16-42-109(77)91(114)83(106-95(118)122-9)71-20-13-14-24-80(71)119-6/h10-14,18-19,24-40,45-52,55-57,71,76-79,81-84H,15-17,20-23,41-44,53-54H2,1-9H3,(H,96,100)(H,97,101)(H,98,102)(H,99,103)(H,104,116)(H,105,117)(H,106,118)/t57?,71?,76-,77-,78-,79-,81-,82-,83+,84+/m0/s1. The van der Waals surface area contributed by atoms with Gasteiger partial charge >= 0.3 is 18.3 Å². The molecule has 4 saturated heterocycles. The van der Waals surface area contributed by atoms with E-state index < -0.39 is 54.4 Å². The molecule has 0 radical (unpaired) electrons. The number of nitrogens with one attached hydrogen (secondary N) is 7. The van der Waals surface area contributed by atoms with E-state index in [0.29, 0.717) is 75.2 Å². The Hall–Kier alpha value is -13.2. The van der Waals surface area contributed by atoms with E-state index in [0.717, 1.165) is 132 Å². The van der Waals surface area contributed by atoms with Gasteiger partial charge in [0.25, 0.3) is 0 Å². The number of carbonyl (C=O) groups excluding carboxylic acids is 7. The summed E-state index contributed by atoms with van der Waals surface area (Å²) >= 11 is 0. The quantitative estimate of drug-likeness (QED) is 0.0261. The molecule has 4 fully saturated rings. The second-order valence-electron chi connectivity index (χ2n) is 33.2. The SMILES string of the molecule is COC(=O)N[C@H](C(=O)N1CCC[C@H]1c1ncc(-c2ccc(-c3ccc4cc(-c5cnc([C@@H]6CCCN6C(=O)[C@@H](c6ccccc6)N(C)CC6C[C@@H](c7ncc(-c8ccc9cc(-c%10ccc(-c%11cnc([C@@H]%12CCCN%12C(=O)[C@H](NC(=O)OC)C%12CC=CC=C%12OC)[nH]%11)cc%10)ccc9c8)[nH]7)N(C(=O)[C@@H](NC(=O)OC)C(C)C)C6)[nH]5)ccc4c3)cc2)[nH]1)C(C)C. The number of aromatic amines is 4. The molecule has 27 heteroatoms. The van der Waals surface area contributed by atoms with Crippen LogP contribution in [-0.2, 0) is 38.1 Å². The van der Waals surface area contributed by atoms with Gasteiger partial charge in [-0.25, -0.2) is 34.3 Å². The van der Waals surface area contributed by atoms with E-state index in [1.165, 1.54) is 21.3 Å². The minimum atomic E-state index is -0.902. The number of hydrogen-bond donors (Lipinski definition) is 7. The molecule has 27 nitrogen and oxygen atoms in total. The van der Waals surface area contributed by atoms with Crippen molar-refractivity contribution in [3.05, 3.63) is 229 Å². The number of carbonyl (C=O) groups is 7. The van der Waals surface area contributed by atoms with Crippen LogP contribution in [0.15, 0.2) is 200 Å². The zero-order chi connectivity index (χ0) is 85.0. The molecule has 8 heterocycles. The predicted octanol–water partition coefficient (Wildman–Crippen LogP) is 15.7. The Balaban J connectivity index is 0.577. The molecule has 7 amide bonds. The number of likely N-dealkylation sites (N-methyl/N-ethyl adjacent to an activating group) is 1. The number of amides is 7. The van der Waals surface area contributed by atoms with Crippen molar-refractivity contribution in [3.63, 3.8) is 0 Å². The number of allylic oxidation sites excluding steroid dienone is 3. The molecule has 16 rings (SSSR count). The summed E-state index contributed by atoms with van der Waals surface area (Å²) in [5.41, 5.74) is 12.1. The van der Waals surface area contributed by atoms with Gasteiger partial charge in [0.1, 0.15) is 53.2 Å². The van der Waals surface area contributed by atoms with Crippen molar-refractivity contribution in [2.24, 2.45) is 23.7 Å². The van der Waals surface area contributed by atoms with Crippen LogP contribution >= 0.6 is 0 Å². The molecule has 7 N–H and O–H groups in total. The molecule has 5 aliphatic rings. The summed E-state index contributed by atoms with van der Waals surface area (Å²) in [5, 5.41) is 12.5. The molecule has 0 saturated carbocycles. The number of methoxy groups -OCH3 is 4. The number of nitrogens with zero attached hydrogens (tertiary/aromatic N) is 9. The first-order valence-corrected chi connectivity index (χ1v) is 42.1. The molecule has 7 aromatic carbocycles. The summed E-state index contributed by atoms with van der Waals surface area (Å²) in [4.78, 5) is 140. The molecule has 4 aromatic heterocycles. The molecule has 11 aromatic rings. The van der Waals surface area contributed by atoms with E-state index in [4.69, 9.17) is 38.9 Å².